The van der Waals surface area contributed by atoms with E-state index in [1.54, 1.807) is 0 Å². The first kappa shape index (κ1) is 16.2. The molecule has 0 fully saturated rings. The SMILES string of the molecule is O=C(Cc1ccc2ccccc2c1)NC(CCO)c1ccccc1. The summed E-state index contributed by atoms with van der Waals surface area (Å²) in [6, 6.07) is 23.8. The normalized spacial score (nSPS) is 12.0. The van der Waals surface area contributed by atoms with E-state index in [1.807, 2.05) is 54.6 Å². The van der Waals surface area contributed by atoms with Crippen LogP contribution in [0.5, 0.6) is 0 Å². The van der Waals surface area contributed by atoms with Crippen LogP contribution in [0.1, 0.15) is 23.6 Å². The van der Waals surface area contributed by atoms with Gasteiger partial charge in [0.2, 0.25) is 5.91 Å². The van der Waals surface area contributed by atoms with E-state index in [9.17, 15) is 9.90 Å². The number of rotatable bonds is 6. The molecular weight excluding hydrogens is 298 g/mol. The average molecular weight is 319 g/mol. The number of fused-ring (bicyclic) bond motifs is 1. The highest BCUT2D eigenvalue weighted by molar-refractivity contribution is 5.85. The number of nitrogens with one attached hydrogen (secondary N) is 1. The molecule has 1 amide bonds. The molecule has 0 bridgehead atoms. The molecule has 122 valence electrons. The smallest absolute Gasteiger partial charge is 0.224 e. The molecule has 2 N–H and O–H groups in total. The van der Waals surface area contributed by atoms with Crippen LogP contribution in [0.25, 0.3) is 10.8 Å². The van der Waals surface area contributed by atoms with Gasteiger partial charge in [-0.15, -0.1) is 0 Å². The third kappa shape index (κ3) is 4.00. The molecular formula is C21H21NO2. The zero-order chi connectivity index (χ0) is 16.8. The number of benzene rings is 3. The van der Waals surface area contributed by atoms with Crippen molar-refractivity contribution in [1.29, 1.82) is 0 Å². The van der Waals surface area contributed by atoms with Crippen LogP contribution in [-0.2, 0) is 11.2 Å². The van der Waals surface area contributed by atoms with E-state index in [1.165, 1.54) is 5.39 Å². The number of aliphatic hydroxyl groups is 1. The largest absolute Gasteiger partial charge is 0.396 e. The van der Waals surface area contributed by atoms with Gasteiger partial charge in [0.25, 0.3) is 0 Å². The second-order valence-corrected chi connectivity index (χ2v) is 5.90. The van der Waals surface area contributed by atoms with Crippen LogP contribution in [0.2, 0.25) is 0 Å². The van der Waals surface area contributed by atoms with Crippen molar-refractivity contribution in [2.75, 3.05) is 6.61 Å². The molecule has 3 aromatic carbocycles. The van der Waals surface area contributed by atoms with Crippen molar-refractivity contribution in [2.45, 2.75) is 18.9 Å². The van der Waals surface area contributed by atoms with Gasteiger partial charge in [0.05, 0.1) is 12.5 Å². The van der Waals surface area contributed by atoms with Crippen LogP contribution >= 0.6 is 0 Å². The Labute approximate surface area is 142 Å². The molecule has 0 aliphatic heterocycles. The lowest BCUT2D eigenvalue weighted by atomic mass is 10.0. The van der Waals surface area contributed by atoms with Crippen molar-refractivity contribution in [3.63, 3.8) is 0 Å². The van der Waals surface area contributed by atoms with E-state index in [-0.39, 0.29) is 18.6 Å². The molecule has 0 aliphatic carbocycles. The minimum Gasteiger partial charge on any atom is -0.396 e. The van der Waals surface area contributed by atoms with Gasteiger partial charge in [-0.3, -0.25) is 4.79 Å². The first-order chi connectivity index (χ1) is 11.8. The zero-order valence-corrected chi connectivity index (χ0v) is 13.5. The lowest BCUT2D eigenvalue weighted by Crippen LogP contribution is -2.30. The maximum absolute atomic E-state index is 12.4. The van der Waals surface area contributed by atoms with Crippen LogP contribution in [0.3, 0.4) is 0 Å². The molecule has 3 aromatic rings. The Bertz CT molecular complexity index is 814. The van der Waals surface area contributed by atoms with Gasteiger partial charge in [0.1, 0.15) is 0 Å². The van der Waals surface area contributed by atoms with Gasteiger partial charge in [-0.2, -0.15) is 0 Å². The van der Waals surface area contributed by atoms with Crippen molar-refractivity contribution >= 4 is 16.7 Å². The molecule has 0 heterocycles. The minimum absolute atomic E-state index is 0.0346. The molecule has 1 unspecified atom stereocenters. The highest BCUT2D eigenvalue weighted by Crippen LogP contribution is 2.18. The van der Waals surface area contributed by atoms with E-state index in [2.05, 4.69) is 23.5 Å². The summed E-state index contributed by atoms with van der Waals surface area (Å²) in [7, 11) is 0. The van der Waals surface area contributed by atoms with E-state index in [0.717, 1.165) is 16.5 Å². The van der Waals surface area contributed by atoms with Crippen LogP contribution in [-0.4, -0.2) is 17.6 Å². The number of carbonyl (C=O) groups excluding carboxylic acids is 1. The molecule has 0 saturated carbocycles. The first-order valence-corrected chi connectivity index (χ1v) is 8.19. The Kier molecular flexibility index (Phi) is 5.24. The second kappa shape index (κ2) is 7.75. The maximum atomic E-state index is 12.4. The van der Waals surface area contributed by atoms with Gasteiger partial charge in [0.15, 0.2) is 0 Å². The predicted octanol–water partition coefficient (Wildman–Crippen LogP) is 3.62. The lowest BCUT2D eigenvalue weighted by Gasteiger charge is -2.18. The van der Waals surface area contributed by atoms with E-state index < -0.39 is 0 Å². The Morgan fingerprint density at radius 1 is 0.917 bits per heavy atom. The second-order valence-electron chi connectivity index (χ2n) is 5.90. The van der Waals surface area contributed by atoms with Gasteiger partial charge < -0.3 is 10.4 Å². The van der Waals surface area contributed by atoms with Crippen molar-refractivity contribution < 1.29 is 9.90 Å². The molecule has 0 aromatic heterocycles. The van der Waals surface area contributed by atoms with Crippen molar-refractivity contribution in [3.8, 4) is 0 Å². The summed E-state index contributed by atoms with van der Waals surface area (Å²) >= 11 is 0. The van der Waals surface area contributed by atoms with Crippen LogP contribution < -0.4 is 5.32 Å². The fourth-order valence-electron chi connectivity index (χ4n) is 2.92. The summed E-state index contributed by atoms with van der Waals surface area (Å²) < 4.78 is 0. The minimum atomic E-state index is -0.163. The maximum Gasteiger partial charge on any atom is 0.224 e. The molecule has 0 spiro atoms. The third-order valence-electron chi connectivity index (χ3n) is 4.13. The standard InChI is InChI=1S/C21H21NO2/c23-13-12-20(18-7-2-1-3-8-18)22-21(24)15-16-10-11-17-6-4-5-9-19(17)14-16/h1-11,14,20,23H,12-13,15H2,(H,22,24). The van der Waals surface area contributed by atoms with Gasteiger partial charge in [-0.1, -0.05) is 72.8 Å². The summed E-state index contributed by atoms with van der Waals surface area (Å²) in [6.45, 7) is 0.0375. The fraction of sp³-hybridized carbons (Fsp3) is 0.190. The topological polar surface area (TPSA) is 49.3 Å². The van der Waals surface area contributed by atoms with Crippen molar-refractivity contribution in [2.24, 2.45) is 0 Å². The zero-order valence-electron chi connectivity index (χ0n) is 13.5. The van der Waals surface area contributed by atoms with E-state index in [4.69, 9.17) is 0 Å². The number of hydrogen-bond acceptors (Lipinski definition) is 2. The molecule has 0 aliphatic rings. The highest BCUT2D eigenvalue weighted by atomic mass is 16.3. The fourth-order valence-corrected chi connectivity index (χ4v) is 2.92. The van der Waals surface area contributed by atoms with Crippen LogP contribution in [0.4, 0.5) is 0 Å². The Morgan fingerprint density at radius 3 is 2.38 bits per heavy atom. The molecule has 0 radical (unpaired) electrons. The van der Waals surface area contributed by atoms with Gasteiger partial charge in [-0.05, 0) is 28.3 Å². The van der Waals surface area contributed by atoms with Crippen LogP contribution in [0, 0.1) is 0 Å². The van der Waals surface area contributed by atoms with E-state index >= 15 is 0 Å². The number of carbonyl (C=O) groups is 1. The number of hydrogen-bond donors (Lipinski definition) is 2. The predicted molar refractivity (Wildman–Crippen MR) is 96.7 cm³/mol. The Morgan fingerprint density at radius 2 is 1.62 bits per heavy atom. The van der Waals surface area contributed by atoms with Crippen molar-refractivity contribution in [3.05, 3.63) is 83.9 Å². The molecule has 3 rings (SSSR count). The number of amides is 1. The van der Waals surface area contributed by atoms with E-state index in [0.29, 0.717) is 12.8 Å². The lowest BCUT2D eigenvalue weighted by molar-refractivity contribution is -0.121. The first-order valence-electron chi connectivity index (χ1n) is 8.19. The van der Waals surface area contributed by atoms with Gasteiger partial charge in [0, 0.05) is 6.61 Å². The monoisotopic (exact) mass is 319 g/mol. The average Bonchev–Trinajstić information content (AvgIpc) is 2.62. The summed E-state index contributed by atoms with van der Waals surface area (Å²) in [4.78, 5) is 12.4. The summed E-state index contributed by atoms with van der Waals surface area (Å²) in [6.07, 6.45) is 0.840. The quantitative estimate of drug-likeness (QED) is 0.729. The third-order valence-corrected chi connectivity index (χ3v) is 4.13. The molecule has 24 heavy (non-hydrogen) atoms. The highest BCUT2D eigenvalue weighted by Gasteiger charge is 2.14. The van der Waals surface area contributed by atoms with Crippen molar-refractivity contribution in [1.82, 2.24) is 5.32 Å². The Balaban J connectivity index is 1.70. The molecule has 3 nitrogen and oxygen atoms in total. The van der Waals surface area contributed by atoms with Crippen LogP contribution in [0.15, 0.2) is 72.8 Å². The summed E-state index contributed by atoms with van der Waals surface area (Å²) in [5.41, 5.74) is 2.00. The summed E-state index contributed by atoms with van der Waals surface area (Å²) in [5.74, 6) is -0.0346. The molecule has 1 atom stereocenters. The van der Waals surface area contributed by atoms with Gasteiger partial charge in [-0.25, -0.2) is 0 Å². The molecule has 0 saturated heterocycles. The Hall–Kier alpha value is -2.65. The summed E-state index contributed by atoms with van der Waals surface area (Å²) in [5, 5.41) is 14.6. The van der Waals surface area contributed by atoms with Gasteiger partial charge >= 0.3 is 0 Å². The number of aliphatic hydroxyl groups excluding tert-OH is 1. The molecule has 3 heteroatoms.